The van der Waals surface area contributed by atoms with Gasteiger partial charge >= 0.3 is 18.0 Å². The number of aliphatic hydroxyl groups excluding tert-OH is 2. The normalized spacial score (nSPS) is 10.8. The molecule has 11 heteroatoms. The molecule has 2 N–H and O–H groups in total. The number of hydrogen-bond donors (Lipinski definition) is 2. The van der Waals surface area contributed by atoms with Crippen LogP contribution in [0, 0.1) is 0 Å². The van der Waals surface area contributed by atoms with Gasteiger partial charge in [-0.15, -0.1) is 0 Å². The molecule has 2 rings (SSSR count). The van der Waals surface area contributed by atoms with Crippen molar-refractivity contribution in [2.75, 3.05) is 26.4 Å². The number of aliphatic hydroxyl groups is 2. The Kier molecular flexibility index (Phi) is 12.1. The first-order valence-corrected chi connectivity index (χ1v) is 12.2. The maximum atomic E-state index is 15.0. The molecule has 0 saturated heterocycles. The van der Waals surface area contributed by atoms with E-state index in [9.17, 15) is 9.59 Å². The summed E-state index contributed by atoms with van der Waals surface area (Å²) in [5.74, 6) is -3.81. The Bertz CT molecular complexity index is 1080. The topological polar surface area (TPSA) is 121 Å². The molecule has 0 aromatic heterocycles. The number of unbranched alkanes of at least 4 members (excludes halogenated alkanes) is 2. The average molecular weight is 551 g/mol. The standard InChI is InChI=1S/C28H32F2O9/c1-4-5-6-7-21-8-10-22(11-9-21)28(29,30)39-25-17-23(35-12-14-37-26(33)19(2)31)16-24(18-25)36-13-15-38-27(34)20(3)32/h8-11,16-18,31-32H,2-7,12-15H2,1H3. The van der Waals surface area contributed by atoms with E-state index in [2.05, 4.69) is 20.1 Å². The fourth-order valence-electron chi connectivity index (χ4n) is 3.18. The maximum Gasteiger partial charge on any atom is 0.426 e. The summed E-state index contributed by atoms with van der Waals surface area (Å²) < 4.78 is 55.3. The highest BCUT2D eigenvalue weighted by Crippen LogP contribution is 2.36. The lowest BCUT2D eigenvalue weighted by Gasteiger charge is -2.20. The van der Waals surface area contributed by atoms with Gasteiger partial charge in [-0.05, 0) is 43.7 Å². The van der Waals surface area contributed by atoms with Crippen molar-refractivity contribution in [3.05, 3.63) is 78.3 Å². The molecule has 212 valence electrons. The van der Waals surface area contributed by atoms with Crippen LogP contribution in [0.15, 0.2) is 67.1 Å². The molecule has 0 spiro atoms. The molecule has 9 nitrogen and oxygen atoms in total. The third-order valence-electron chi connectivity index (χ3n) is 5.10. The van der Waals surface area contributed by atoms with Crippen LogP contribution in [-0.2, 0) is 31.6 Å². The van der Waals surface area contributed by atoms with Gasteiger partial charge in [0.25, 0.3) is 0 Å². The van der Waals surface area contributed by atoms with Crippen LogP contribution in [0.4, 0.5) is 8.78 Å². The van der Waals surface area contributed by atoms with E-state index in [-0.39, 0.29) is 49.2 Å². The molecule has 0 bridgehead atoms. The highest BCUT2D eigenvalue weighted by atomic mass is 19.3. The zero-order valence-electron chi connectivity index (χ0n) is 21.6. The Balaban J connectivity index is 2.12. The molecule has 0 atom stereocenters. The summed E-state index contributed by atoms with van der Waals surface area (Å²) in [5, 5.41) is 18.0. The fraction of sp³-hybridized carbons (Fsp3) is 0.357. The first kappa shape index (κ1) is 30.9. The van der Waals surface area contributed by atoms with Crippen LogP contribution in [0.25, 0.3) is 0 Å². The van der Waals surface area contributed by atoms with Crippen LogP contribution in [0.5, 0.6) is 17.2 Å². The average Bonchev–Trinajstić information content (AvgIpc) is 2.89. The minimum absolute atomic E-state index is 0.0455. The number of alkyl halides is 2. The first-order valence-electron chi connectivity index (χ1n) is 12.2. The number of carbonyl (C=O) groups is 2. The van der Waals surface area contributed by atoms with Crippen LogP contribution in [0.1, 0.15) is 37.3 Å². The summed E-state index contributed by atoms with van der Waals surface area (Å²) in [4.78, 5) is 22.5. The second-order valence-electron chi connectivity index (χ2n) is 8.28. The molecule has 0 aliphatic rings. The SMILES string of the molecule is C=C(O)C(=O)OCCOc1cc(OCCOC(=O)C(=C)O)cc(OC(F)(F)c2ccc(CCCCC)cc2)c1. The van der Waals surface area contributed by atoms with Crippen molar-refractivity contribution in [1.29, 1.82) is 0 Å². The minimum Gasteiger partial charge on any atom is -0.502 e. The first-order chi connectivity index (χ1) is 18.5. The molecular weight excluding hydrogens is 518 g/mol. The fourth-order valence-corrected chi connectivity index (χ4v) is 3.18. The van der Waals surface area contributed by atoms with Gasteiger partial charge in [0.2, 0.25) is 0 Å². The van der Waals surface area contributed by atoms with Crippen molar-refractivity contribution in [3.63, 3.8) is 0 Å². The van der Waals surface area contributed by atoms with Gasteiger partial charge in [-0.3, -0.25) is 0 Å². The van der Waals surface area contributed by atoms with Crippen LogP contribution in [0.3, 0.4) is 0 Å². The van der Waals surface area contributed by atoms with Crippen LogP contribution >= 0.6 is 0 Å². The zero-order valence-corrected chi connectivity index (χ0v) is 21.6. The number of esters is 2. The number of aryl methyl sites for hydroxylation is 1. The molecule has 0 radical (unpaired) electrons. The highest BCUT2D eigenvalue weighted by Gasteiger charge is 2.34. The van der Waals surface area contributed by atoms with Gasteiger partial charge in [0.1, 0.15) is 43.7 Å². The Morgan fingerprint density at radius 1 is 0.795 bits per heavy atom. The largest absolute Gasteiger partial charge is 0.502 e. The van der Waals surface area contributed by atoms with Crippen molar-refractivity contribution in [2.24, 2.45) is 0 Å². The molecule has 0 unspecified atom stereocenters. The van der Waals surface area contributed by atoms with E-state index in [1.54, 1.807) is 12.1 Å². The van der Waals surface area contributed by atoms with E-state index >= 15 is 8.78 Å². The van der Waals surface area contributed by atoms with E-state index in [4.69, 9.17) is 33.9 Å². The lowest BCUT2D eigenvalue weighted by Crippen LogP contribution is -2.22. The Hall–Kier alpha value is -4.28. The molecule has 0 aliphatic carbocycles. The van der Waals surface area contributed by atoms with Crippen LogP contribution < -0.4 is 14.2 Å². The summed E-state index contributed by atoms with van der Waals surface area (Å²) >= 11 is 0. The quantitative estimate of drug-likeness (QED) is 0.113. The highest BCUT2D eigenvalue weighted by molar-refractivity contribution is 5.85. The van der Waals surface area contributed by atoms with E-state index < -0.39 is 29.6 Å². The van der Waals surface area contributed by atoms with Gasteiger partial charge in [-0.1, -0.05) is 31.9 Å². The molecule has 2 aromatic rings. The van der Waals surface area contributed by atoms with Crippen molar-refractivity contribution < 1.29 is 52.3 Å². The van der Waals surface area contributed by atoms with Gasteiger partial charge < -0.3 is 33.9 Å². The number of halogens is 2. The monoisotopic (exact) mass is 550 g/mol. The van der Waals surface area contributed by atoms with Gasteiger partial charge in [0.05, 0.1) is 5.56 Å². The second-order valence-corrected chi connectivity index (χ2v) is 8.28. The smallest absolute Gasteiger partial charge is 0.426 e. The van der Waals surface area contributed by atoms with E-state index in [1.165, 1.54) is 30.3 Å². The van der Waals surface area contributed by atoms with Crippen LogP contribution in [0.2, 0.25) is 0 Å². The Morgan fingerprint density at radius 2 is 1.28 bits per heavy atom. The molecular formula is C28H32F2O9. The maximum absolute atomic E-state index is 15.0. The molecule has 0 heterocycles. The summed E-state index contributed by atoms with van der Waals surface area (Å²) in [6.45, 7) is 7.26. The predicted molar refractivity (Wildman–Crippen MR) is 137 cm³/mol. The number of carbonyl (C=O) groups excluding carboxylic acids is 2. The lowest BCUT2D eigenvalue weighted by atomic mass is 10.1. The molecule has 0 saturated carbocycles. The van der Waals surface area contributed by atoms with Gasteiger partial charge in [0, 0.05) is 18.2 Å². The summed E-state index contributed by atoms with van der Waals surface area (Å²) in [6.07, 6.45) is 0.198. The van der Waals surface area contributed by atoms with Crippen molar-refractivity contribution in [1.82, 2.24) is 0 Å². The van der Waals surface area contributed by atoms with Gasteiger partial charge in [-0.25, -0.2) is 9.59 Å². The summed E-state index contributed by atoms with van der Waals surface area (Å²) in [7, 11) is 0. The number of benzene rings is 2. The van der Waals surface area contributed by atoms with Crippen molar-refractivity contribution in [2.45, 2.75) is 38.7 Å². The molecule has 0 aliphatic heterocycles. The summed E-state index contributed by atoms with van der Waals surface area (Å²) in [5.41, 5.74) is 0.604. The minimum atomic E-state index is -3.69. The Morgan fingerprint density at radius 3 is 1.74 bits per heavy atom. The lowest BCUT2D eigenvalue weighted by molar-refractivity contribution is -0.185. The van der Waals surface area contributed by atoms with E-state index in [0.29, 0.717) is 0 Å². The van der Waals surface area contributed by atoms with Crippen LogP contribution in [-0.4, -0.2) is 48.6 Å². The molecule has 2 aromatic carbocycles. The zero-order chi connectivity index (χ0) is 28.8. The Labute approximate surface area is 225 Å². The number of hydrogen-bond acceptors (Lipinski definition) is 9. The third kappa shape index (κ3) is 10.9. The number of rotatable bonds is 17. The van der Waals surface area contributed by atoms with Crippen molar-refractivity contribution in [3.8, 4) is 17.2 Å². The molecule has 0 fully saturated rings. The van der Waals surface area contributed by atoms with Crippen molar-refractivity contribution >= 4 is 11.9 Å². The third-order valence-corrected chi connectivity index (χ3v) is 5.10. The number of ether oxygens (including phenoxy) is 5. The van der Waals surface area contributed by atoms with E-state index in [0.717, 1.165) is 31.2 Å². The summed E-state index contributed by atoms with van der Waals surface area (Å²) in [6, 6.07) is 9.65. The molecule has 39 heavy (non-hydrogen) atoms. The van der Waals surface area contributed by atoms with Gasteiger partial charge in [0.15, 0.2) is 11.5 Å². The molecule has 0 amide bonds. The predicted octanol–water partition coefficient (Wildman–Crippen LogP) is 5.54. The van der Waals surface area contributed by atoms with E-state index in [1.807, 2.05) is 0 Å². The second kappa shape index (κ2) is 15.2. The van der Waals surface area contributed by atoms with Gasteiger partial charge in [-0.2, -0.15) is 8.78 Å².